The Morgan fingerprint density at radius 3 is 2.74 bits per heavy atom. The highest BCUT2D eigenvalue weighted by Crippen LogP contribution is 2.24. The van der Waals surface area contributed by atoms with Crippen molar-refractivity contribution < 1.29 is 17.9 Å². The summed E-state index contributed by atoms with van der Waals surface area (Å²) in [7, 11) is -2.28. The van der Waals surface area contributed by atoms with Crippen molar-refractivity contribution in [3.8, 4) is 5.75 Å². The second kappa shape index (κ2) is 5.06. The molecule has 1 aliphatic rings. The van der Waals surface area contributed by atoms with Gasteiger partial charge in [0.15, 0.2) is 0 Å². The number of nitrogens with two attached hydrogens (primary N) is 1. The SMILES string of the molecule is COc1ccc(S(=O)(=O)NC2CNC(=O)C2)c(N)c1. The van der Waals surface area contributed by atoms with Crippen LogP contribution in [-0.2, 0) is 14.8 Å². The number of sulfonamides is 1. The Morgan fingerprint density at radius 1 is 1.47 bits per heavy atom. The highest BCUT2D eigenvalue weighted by molar-refractivity contribution is 7.89. The summed E-state index contributed by atoms with van der Waals surface area (Å²) in [5.41, 5.74) is 5.80. The van der Waals surface area contributed by atoms with E-state index in [0.29, 0.717) is 5.75 Å². The average Bonchev–Trinajstić information content (AvgIpc) is 2.73. The van der Waals surface area contributed by atoms with Crippen molar-refractivity contribution in [1.82, 2.24) is 10.0 Å². The quantitative estimate of drug-likeness (QED) is 0.642. The number of benzene rings is 1. The molecule has 104 valence electrons. The summed E-state index contributed by atoms with van der Waals surface area (Å²) < 4.78 is 31.7. The molecule has 0 spiro atoms. The lowest BCUT2D eigenvalue weighted by atomic mass is 10.3. The van der Waals surface area contributed by atoms with Gasteiger partial charge < -0.3 is 15.8 Å². The normalized spacial score (nSPS) is 19.2. The van der Waals surface area contributed by atoms with Crippen molar-refractivity contribution in [2.75, 3.05) is 19.4 Å². The van der Waals surface area contributed by atoms with Gasteiger partial charge >= 0.3 is 0 Å². The molecule has 1 aromatic rings. The second-order valence-electron chi connectivity index (χ2n) is 4.23. The van der Waals surface area contributed by atoms with E-state index >= 15 is 0 Å². The van der Waals surface area contributed by atoms with Crippen LogP contribution in [0.25, 0.3) is 0 Å². The van der Waals surface area contributed by atoms with E-state index in [1.165, 1.54) is 25.3 Å². The van der Waals surface area contributed by atoms with E-state index in [4.69, 9.17) is 10.5 Å². The molecule has 2 rings (SSSR count). The smallest absolute Gasteiger partial charge is 0.242 e. The van der Waals surface area contributed by atoms with Gasteiger partial charge in [-0.05, 0) is 12.1 Å². The molecule has 4 N–H and O–H groups in total. The molecule has 0 saturated carbocycles. The fourth-order valence-corrected chi connectivity index (χ4v) is 3.22. The maximum absolute atomic E-state index is 12.1. The fraction of sp³-hybridized carbons (Fsp3) is 0.364. The number of hydrogen-bond acceptors (Lipinski definition) is 5. The van der Waals surface area contributed by atoms with Crippen LogP contribution in [0.3, 0.4) is 0 Å². The lowest BCUT2D eigenvalue weighted by Crippen LogP contribution is -2.36. The molecule has 1 saturated heterocycles. The van der Waals surface area contributed by atoms with Gasteiger partial charge in [-0.25, -0.2) is 13.1 Å². The Labute approximate surface area is 111 Å². The summed E-state index contributed by atoms with van der Waals surface area (Å²) in [6, 6.07) is 3.88. The number of ether oxygens (including phenoxy) is 1. The highest BCUT2D eigenvalue weighted by Gasteiger charge is 2.27. The Hall–Kier alpha value is -1.80. The van der Waals surface area contributed by atoms with E-state index in [-0.39, 0.29) is 29.5 Å². The minimum Gasteiger partial charge on any atom is -0.497 e. The monoisotopic (exact) mass is 285 g/mol. The van der Waals surface area contributed by atoms with Crippen LogP contribution in [0.1, 0.15) is 6.42 Å². The van der Waals surface area contributed by atoms with E-state index in [0.717, 1.165) is 0 Å². The standard InChI is InChI=1S/C11H15N3O4S/c1-18-8-2-3-10(9(12)5-8)19(16,17)14-7-4-11(15)13-6-7/h2-3,5,7,14H,4,6,12H2,1H3,(H,13,15). The lowest BCUT2D eigenvalue weighted by Gasteiger charge is -2.13. The molecule has 1 heterocycles. The third kappa shape index (κ3) is 2.96. The van der Waals surface area contributed by atoms with Crippen molar-refractivity contribution in [1.29, 1.82) is 0 Å². The maximum Gasteiger partial charge on any atom is 0.242 e. The number of anilines is 1. The molecule has 0 radical (unpaired) electrons. The van der Waals surface area contributed by atoms with E-state index in [2.05, 4.69) is 10.0 Å². The first-order valence-corrected chi connectivity index (χ1v) is 7.13. The van der Waals surface area contributed by atoms with E-state index in [1.54, 1.807) is 0 Å². The van der Waals surface area contributed by atoms with Gasteiger partial charge in [0.25, 0.3) is 0 Å². The zero-order valence-corrected chi connectivity index (χ0v) is 11.2. The number of methoxy groups -OCH3 is 1. The molecule has 0 aliphatic carbocycles. The molecule has 1 fully saturated rings. The fourth-order valence-electron chi connectivity index (χ4n) is 1.87. The summed E-state index contributed by atoms with van der Waals surface area (Å²) in [4.78, 5) is 11.0. The Kier molecular flexibility index (Phi) is 3.63. The molecule has 1 aromatic carbocycles. The minimum atomic E-state index is -3.75. The molecule has 19 heavy (non-hydrogen) atoms. The molecular weight excluding hydrogens is 270 g/mol. The molecular formula is C11H15N3O4S. The van der Waals surface area contributed by atoms with Crippen molar-refractivity contribution in [3.05, 3.63) is 18.2 Å². The first-order valence-electron chi connectivity index (χ1n) is 5.65. The Balaban J connectivity index is 2.22. The number of nitrogens with one attached hydrogen (secondary N) is 2. The number of carbonyl (C=O) groups excluding carboxylic acids is 1. The number of amides is 1. The van der Waals surface area contributed by atoms with Gasteiger partial charge in [-0.2, -0.15) is 0 Å². The van der Waals surface area contributed by atoms with Crippen molar-refractivity contribution >= 4 is 21.6 Å². The van der Waals surface area contributed by atoms with Gasteiger partial charge in [-0.3, -0.25) is 4.79 Å². The molecule has 0 bridgehead atoms. The first kappa shape index (κ1) is 13.6. The lowest BCUT2D eigenvalue weighted by molar-refractivity contribution is -0.119. The van der Waals surface area contributed by atoms with Crippen LogP contribution in [0.5, 0.6) is 5.75 Å². The summed E-state index contributed by atoms with van der Waals surface area (Å²) in [5, 5.41) is 2.56. The summed E-state index contributed by atoms with van der Waals surface area (Å²) in [5.74, 6) is 0.310. The van der Waals surface area contributed by atoms with Crippen LogP contribution in [0.4, 0.5) is 5.69 Å². The number of nitrogen functional groups attached to an aromatic ring is 1. The van der Waals surface area contributed by atoms with Crippen LogP contribution < -0.4 is 20.5 Å². The summed E-state index contributed by atoms with van der Waals surface area (Å²) >= 11 is 0. The highest BCUT2D eigenvalue weighted by atomic mass is 32.2. The van der Waals surface area contributed by atoms with E-state index < -0.39 is 16.1 Å². The van der Waals surface area contributed by atoms with Crippen molar-refractivity contribution in [3.63, 3.8) is 0 Å². The largest absolute Gasteiger partial charge is 0.497 e. The molecule has 1 aliphatic heterocycles. The van der Waals surface area contributed by atoms with Crippen LogP contribution in [0.15, 0.2) is 23.1 Å². The first-order chi connectivity index (χ1) is 8.92. The molecule has 1 unspecified atom stereocenters. The van der Waals surface area contributed by atoms with Gasteiger partial charge in [0.2, 0.25) is 15.9 Å². The Morgan fingerprint density at radius 2 is 2.21 bits per heavy atom. The molecule has 8 heteroatoms. The molecule has 0 aromatic heterocycles. The van der Waals surface area contributed by atoms with Gasteiger partial charge in [0.05, 0.1) is 12.8 Å². The van der Waals surface area contributed by atoms with E-state index in [1.807, 2.05) is 0 Å². The third-order valence-corrected chi connectivity index (χ3v) is 4.40. The van der Waals surface area contributed by atoms with Crippen LogP contribution in [-0.4, -0.2) is 34.0 Å². The van der Waals surface area contributed by atoms with Crippen molar-refractivity contribution in [2.24, 2.45) is 0 Å². The predicted molar refractivity (Wildman–Crippen MR) is 69.1 cm³/mol. The number of hydrogen-bond donors (Lipinski definition) is 3. The molecule has 1 amide bonds. The topological polar surface area (TPSA) is 111 Å². The molecule has 1 atom stereocenters. The maximum atomic E-state index is 12.1. The third-order valence-electron chi connectivity index (χ3n) is 2.81. The van der Waals surface area contributed by atoms with Crippen LogP contribution in [0, 0.1) is 0 Å². The average molecular weight is 285 g/mol. The second-order valence-corrected chi connectivity index (χ2v) is 5.91. The Bertz CT molecular complexity index is 600. The van der Waals surface area contributed by atoms with E-state index in [9.17, 15) is 13.2 Å². The van der Waals surface area contributed by atoms with Gasteiger partial charge in [-0.1, -0.05) is 0 Å². The van der Waals surface area contributed by atoms with Gasteiger partial charge in [-0.15, -0.1) is 0 Å². The molecule has 7 nitrogen and oxygen atoms in total. The summed E-state index contributed by atoms with van der Waals surface area (Å²) in [6.45, 7) is 0.286. The number of carbonyl (C=O) groups is 1. The summed E-state index contributed by atoms with van der Waals surface area (Å²) in [6.07, 6.45) is 0.134. The van der Waals surface area contributed by atoms with Crippen LogP contribution >= 0.6 is 0 Å². The van der Waals surface area contributed by atoms with Crippen LogP contribution in [0.2, 0.25) is 0 Å². The number of rotatable bonds is 4. The minimum absolute atomic E-state index is 0.0207. The zero-order valence-electron chi connectivity index (χ0n) is 10.3. The predicted octanol–water partition coefficient (Wildman–Crippen LogP) is -0.556. The van der Waals surface area contributed by atoms with Gasteiger partial charge in [0, 0.05) is 25.1 Å². The van der Waals surface area contributed by atoms with Gasteiger partial charge in [0.1, 0.15) is 10.6 Å². The van der Waals surface area contributed by atoms with Crippen molar-refractivity contribution in [2.45, 2.75) is 17.4 Å². The zero-order chi connectivity index (χ0) is 14.0.